The highest BCUT2D eigenvalue weighted by Crippen LogP contribution is 2.31. The Morgan fingerprint density at radius 1 is 1.38 bits per heavy atom. The molecule has 0 spiro atoms. The van der Waals surface area contributed by atoms with Gasteiger partial charge in [0.05, 0.1) is 12.2 Å². The van der Waals surface area contributed by atoms with Crippen molar-refractivity contribution in [2.45, 2.75) is 45.6 Å². The van der Waals surface area contributed by atoms with E-state index >= 15 is 0 Å². The van der Waals surface area contributed by atoms with Gasteiger partial charge in [-0.2, -0.15) is 0 Å². The van der Waals surface area contributed by atoms with Crippen LogP contribution in [-0.4, -0.2) is 18.7 Å². The van der Waals surface area contributed by atoms with Gasteiger partial charge in [-0.05, 0) is 38.2 Å². The second-order valence-corrected chi connectivity index (χ2v) is 5.51. The van der Waals surface area contributed by atoms with Gasteiger partial charge in [0.1, 0.15) is 6.10 Å². The lowest BCUT2D eigenvalue weighted by molar-refractivity contribution is 0.0525. The number of carbonyl (C=O) groups is 1. The summed E-state index contributed by atoms with van der Waals surface area (Å²) in [5.74, 6) is -0.650. The van der Waals surface area contributed by atoms with Crippen LogP contribution in [0.1, 0.15) is 49.9 Å². The van der Waals surface area contributed by atoms with Crippen LogP contribution in [0.2, 0.25) is 0 Å². The van der Waals surface area contributed by atoms with Gasteiger partial charge >= 0.3 is 5.97 Å². The molecule has 0 amide bonds. The van der Waals surface area contributed by atoms with E-state index in [0.29, 0.717) is 5.92 Å². The van der Waals surface area contributed by atoms with Crippen molar-refractivity contribution in [2.24, 2.45) is 5.92 Å². The van der Waals surface area contributed by atoms with E-state index in [0.717, 1.165) is 25.3 Å². The fourth-order valence-corrected chi connectivity index (χ4v) is 2.67. The van der Waals surface area contributed by atoms with Crippen molar-refractivity contribution >= 4 is 11.7 Å². The summed E-state index contributed by atoms with van der Waals surface area (Å²) in [6, 6.07) is 2.47. The molecule has 0 bridgehead atoms. The number of nitrogen functional groups attached to an aromatic ring is 1. The monoisotopic (exact) mass is 295 g/mol. The number of hydrogen-bond acceptors (Lipinski definition) is 4. The molecule has 0 aromatic heterocycles. The van der Waals surface area contributed by atoms with Crippen molar-refractivity contribution in [3.05, 3.63) is 23.5 Å². The zero-order valence-corrected chi connectivity index (χ0v) is 12.5. The number of anilines is 1. The summed E-state index contributed by atoms with van der Waals surface area (Å²) in [6.07, 6.45) is 4.22. The quantitative estimate of drug-likeness (QED) is 0.681. The van der Waals surface area contributed by atoms with Gasteiger partial charge < -0.3 is 15.2 Å². The molecule has 2 rings (SSSR count). The maximum atomic E-state index is 14.0. The minimum absolute atomic E-state index is 0.0214. The van der Waals surface area contributed by atoms with E-state index in [2.05, 4.69) is 6.92 Å². The number of hydrogen-bond donors (Lipinski definition) is 1. The van der Waals surface area contributed by atoms with Crippen LogP contribution >= 0.6 is 0 Å². The molecule has 1 aromatic carbocycles. The first-order valence-corrected chi connectivity index (χ1v) is 7.45. The van der Waals surface area contributed by atoms with E-state index in [1.807, 2.05) is 0 Å². The Balaban J connectivity index is 2.22. The van der Waals surface area contributed by atoms with Gasteiger partial charge in [-0.15, -0.1) is 0 Å². The van der Waals surface area contributed by atoms with Crippen molar-refractivity contribution < 1.29 is 18.7 Å². The van der Waals surface area contributed by atoms with E-state index in [9.17, 15) is 9.18 Å². The van der Waals surface area contributed by atoms with Crippen LogP contribution in [0.3, 0.4) is 0 Å². The van der Waals surface area contributed by atoms with Crippen LogP contribution < -0.4 is 10.5 Å². The van der Waals surface area contributed by atoms with Crippen LogP contribution in [0, 0.1) is 11.7 Å². The van der Waals surface area contributed by atoms with Crippen LogP contribution in [0.4, 0.5) is 10.1 Å². The smallest absolute Gasteiger partial charge is 0.340 e. The second kappa shape index (κ2) is 6.78. The van der Waals surface area contributed by atoms with Crippen LogP contribution in [0.25, 0.3) is 0 Å². The SMILES string of the molecule is CCOC(=O)c1cc(OC2CCCCC2C)c(F)cc1N. The first-order chi connectivity index (χ1) is 10.0. The lowest BCUT2D eigenvalue weighted by atomic mass is 9.88. The summed E-state index contributed by atoms with van der Waals surface area (Å²) < 4.78 is 24.7. The summed E-state index contributed by atoms with van der Waals surface area (Å²) in [4.78, 5) is 11.8. The van der Waals surface area contributed by atoms with Crippen LogP contribution in [0.15, 0.2) is 12.1 Å². The number of benzene rings is 1. The lowest BCUT2D eigenvalue weighted by Gasteiger charge is -2.29. The molecule has 5 heteroatoms. The fraction of sp³-hybridized carbons (Fsp3) is 0.562. The number of esters is 1. The van der Waals surface area contributed by atoms with Crippen molar-refractivity contribution in [1.29, 1.82) is 0 Å². The minimum atomic E-state index is -0.559. The molecule has 1 aliphatic carbocycles. The Kier molecular flexibility index (Phi) is 5.04. The molecule has 4 nitrogen and oxygen atoms in total. The molecular formula is C16H22FNO3. The Hall–Kier alpha value is -1.78. The molecule has 0 aliphatic heterocycles. The average molecular weight is 295 g/mol. The second-order valence-electron chi connectivity index (χ2n) is 5.51. The molecule has 0 radical (unpaired) electrons. The van der Waals surface area contributed by atoms with E-state index < -0.39 is 11.8 Å². The summed E-state index contributed by atoms with van der Waals surface area (Å²) in [5, 5.41) is 0. The molecular weight excluding hydrogens is 273 g/mol. The summed E-state index contributed by atoms with van der Waals surface area (Å²) in [5.41, 5.74) is 5.90. The third-order valence-electron chi connectivity index (χ3n) is 3.91. The fourth-order valence-electron chi connectivity index (χ4n) is 2.67. The third-order valence-corrected chi connectivity index (χ3v) is 3.91. The Morgan fingerprint density at radius 3 is 2.76 bits per heavy atom. The van der Waals surface area contributed by atoms with E-state index in [1.165, 1.54) is 12.5 Å². The number of nitrogens with two attached hydrogens (primary N) is 1. The standard InChI is InChI=1S/C16H22FNO3/c1-3-20-16(19)11-8-15(12(17)9-13(11)18)21-14-7-5-4-6-10(14)2/h8-10,14H,3-7,18H2,1-2H3. The molecule has 116 valence electrons. The third kappa shape index (κ3) is 3.65. The van der Waals surface area contributed by atoms with Crippen molar-refractivity contribution in [2.75, 3.05) is 12.3 Å². The molecule has 0 saturated heterocycles. The number of rotatable bonds is 4. The highest BCUT2D eigenvalue weighted by molar-refractivity contribution is 5.95. The zero-order chi connectivity index (χ0) is 15.4. The first-order valence-electron chi connectivity index (χ1n) is 7.45. The normalized spacial score (nSPS) is 21.9. The average Bonchev–Trinajstić information content (AvgIpc) is 2.44. The molecule has 2 N–H and O–H groups in total. The molecule has 1 aromatic rings. The van der Waals surface area contributed by atoms with Crippen molar-refractivity contribution in [1.82, 2.24) is 0 Å². The van der Waals surface area contributed by atoms with Crippen molar-refractivity contribution in [3.63, 3.8) is 0 Å². The van der Waals surface area contributed by atoms with Gasteiger partial charge in [-0.1, -0.05) is 13.3 Å². The largest absolute Gasteiger partial charge is 0.487 e. The number of carbonyl (C=O) groups excluding carboxylic acids is 1. The zero-order valence-electron chi connectivity index (χ0n) is 12.5. The Labute approximate surface area is 124 Å². The first kappa shape index (κ1) is 15.6. The van der Waals surface area contributed by atoms with E-state index in [-0.39, 0.29) is 29.7 Å². The predicted molar refractivity (Wildman–Crippen MR) is 78.8 cm³/mol. The Bertz CT molecular complexity index is 518. The van der Waals surface area contributed by atoms with Crippen LogP contribution in [-0.2, 0) is 4.74 Å². The van der Waals surface area contributed by atoms with Crippen molar-refractivity contribution in [3.8, 4) is 5.75 Å². The van der Waals surface area contributed by atoms with Gasteiger partial charge in [-0.25, -0.2) is 9.18 Å². The van der Waals surface area contributed by atoms with Gasteiger partial charge in [0.25, 0.3) is 0 Å². The maximum absolute atomic E-state index is 14.0. The highest BCUT2D eigenvalue weighted by Gasteiger charge is 2.25. The molecule has 1 fully saturated rings. The summed E-state index contributed by atoms with van der Waals surface area (Å²) in [6.45, 7) is 4.05. The molecule has 1 aliphatic rings. The summed E-state index contributed by atoms with van der Waals surface area (Å²) >= 11 is 0. The topological polar surface area (TPSA) is 61.5 Å². The van der Waals surface area contributed by atoms with Gasteiger partial charge in [0.2, 0.25) is 0 Å². The maximum Gasteiger partial charge on any atom is 0.340 e. The van der Waals surface area contributed by atoms with E-state index in [4.69, 9.17) is 15.2 Å². The number of halogens is 1. The lowest BCUT2D eigenvalue weighted by Crippen LogP contribution is -2.28. The Morgan fingerprint density at radius 2 is 2.10 bits per heavy atom. The van der Waals surface area contributed by atoms with E-state index in [1.54, 1.807) is 6.92 Å². The molecule has 1 saturated carbocycles. The van der Waals surface area contributed by atoms with Crippen LogP contribution in [0.5, 0.6) is 5.75 Å². The predicted octanol–water partition coefficient (Wildman–Crippen LogP) is 3.54. The number of ether oxygens (including phenoxy) is 2. The summed E-state index contributed by atoms with van der Waals surface area (Å²) in [7, 11) is 0. The van der Waals surface area contributed by atoms with Gasteiger partial charge in [0, 0.05) is 11.8 Å². The molecule has 0 heterocycles. The van der Waals surface area contributed by atoms with Gasteiger partial charge in [0.15, 0.2) is 11.6 Å². The highest BCUT2D eigenvalue weighted by atomic mass is 19.1. The molecule has 2 unspecified atom stereocenters. The molecule has 21 heavy (non-hydrogen) atoms. The molecule has 2 atom stereocenters. The van der Waals surface area contributed by atoms with Gasteiger partial charge in [-0.3, -0.25) is 0 Å². The minimum Gasteiger partial charge on any atom is -0.487 e.